The summed E-state index contributed by atoms with van der Waals surface area (Å²) in [6, 6.07) is 17.7. The average molecular weight is 578 g/mol. The molecule has 2 N–H and O–H groups in total. The lowest BCUT2D eigenvalue weighted by Gasteiger charge is -2.41. The number of nitrogens with zero attached hydrogens (tertiary/aromatic N) is 2. The minimum absolute atomic E-state index is 0.0465. The number of rotatable bonds is 10. The Morgan fingerprint density at radius 3 is 2.15 bits per heavy atom. The molecule has 2 aromatic carbocycles. The lowest BCUT2D eigenvalue weighted by Crippen LogP contribution is -2.50. The van der Waals surface area contributed by atoms with Crippen LogP contribution in [0, 0.1) is 0 Å². The molecule has 1 atom stereocenters. The van der Waals surface area contributed by atoms with E-state index in [1.165, 1.54) is 4.88 Å². The van der Waals surface area contributed by atoms with Crippen LogP contribution in [0.3, 0.4) is 0 Å². The molecular formula is C32H39N3O5S. The predicted molar refractivity (Wildman–Crippen MR) is 160 cm³/mol. The maximum atomic E-state index is 13.7. The highest BCUT2D eigenvalue weighted by atomic mass is 32.1. The summed E-state index contributed by atoms with van der Waals surface area (Å²) in [5.41, 5.74) is 6.76. The number of carbonyl (C=O) groups is 2. The summed E-state index contributed by atoms with van der Waals surface area (Å²) in [5, 5.41) is 2.11. The van der Waals surface area contributed by atoms with Crippen molar-refractivity contribution >= 4 is 23.2 Å². The van der Waals surface area contributed by atoms with E-state index in [2.05, 4.69) is 22.4 Å². The number of primary amides is 1. The molecule has 2 aliphatic heterocycles. The van der Waals surface area contributed by atoms with Crippen molar-refractivity contribution in [3.63, 3.8) is 0 Å². The Kier molecular flexibility index (Phi) is 8.56. The summed E-state index contributed by atoms with van der Waals surface area (Å²) >= 11 is 1.76. The molecule has 218 valence electrons. The maximum absolute atomic E-state index is 13.7. The molecule has 0 bridgehead atoms. The van der Waals surface area contributed by atoms with E-state index in [4.69, 9.17) is 19.9 Å². The Labute approximate surface area is 246 Å². The van der Waals surface area contributed by atoms with E-state index in [-0.39, 0.29) is 17.2 Å². The first-order valence-corrected chi connectivity index (χ1v) is 14.9. The number of amides is 2. The van der Waals surface area contributed by atoms with Crippen molar-refractivity contribution in [2.45, 2.75) is 36.5 Å². The Bertz CT molecular complexity index is 1330. The molecule has 9 heteroatoms. The Morgan fingerprint density at radius 1 is 0.902 bits per heavy atom. The topological polar surface area (TPSA) is 94.3 Å². The van der Waals surface area contributed by atoms with Crippen LogP contribution in [-0.4, -0.2) is 75.7 Å². The molecule has 3 aromatic rings. The number of piperidine rings is 1. The van der Waals surface area contributed by atoms with Crippen LogP contribution in [0.2, 0.25) is 0 Å². The first-order chi connectivity index (χ1) is 19.9. The molecule has 8 nitrogen and oxygen atoms in total. The van der Waals surface area contributed by atoms with E-state index in [1.54, 1.807) is 44.8 Å². The SMILES string of the molecule is COc1cc(C(=O)N2CCC(CCN3CCC(C(N)=O)(c4ccccc4)CC3)(c3cccs3)C2)cc(OC)c1OC. The van der Waals surface area contributed by atoms with Crippen molar-refractivity contribution in [2.24, 2.45) is 5.73 Å². The summed E-state index contributed by atoms with van der Waals surface area (Å²) in [6.07, 6.45) is 3.25. The van der Waals surface area contributed by atoms with Crippen LogP contribution in [0.4, 0.5) is 0 Å². The second-order valence-electron chi connectivity index (χ2n) is 11.1. The molecule has 1 aromatic heterocycles. The summed E-state index contributed by atoms with van der Waals surface area (Å²) in [5.74, 6) is 1.11. The molecule has 2 aliphatic rings. The number of ether oxygens (including phenoxy) is 3. The normalized spacial score (nSPS) is 20.5. The predicted octanol–water partition coefficient (Wildman–Crippen LogP) is 4.47. The lowest BCUT2D eigenvalue weighted by molar-refractivity contribution is -0.125. The van der Waals surface area contributed by atoms with Gasteiger partial charge in [-0.1, -0.05) is 36.4 Å². The summed E-state index contributed by atoms with van der Waals surface area (Å²) in [6.45, 7) is 3.84. The number of nitrogens with two attached hydrogens (primary N) is 1. The number of likely N-dealkylation sites (tertiary alicyclic amines) is 2. The fraction of sp³-hybridized carbons (Fsp3) is 0.438. The fourth-order valence-corrected chi connectivity index (χ4v) is 7.49. The number of thiophene rings is 1. The highest BCUT2D eigenvalue weighted by Gasteiger charge is 2.44. The van der Waals surface area contributed by atoms with Gasteiger partial charge in [-0.15, -0.1) is 11.3 Å². The fourth-order valence-electron chi connectivity index (χ4n) is 6.51. The lowest BCUT2D eigenvalue weighted by atomic mass is 9.72. The third kappa shape index (κ3) is 5.53. The third-order valence-corrected chi connectivity index (χ3v) is 10.1. The molecule has 2 saturated heterocycles. The molecule has 0 radical (unpaired) electrons. The standard InChI is InChI=1S/C32H39N3O5S/c1-38-25-20-23(21-26(39-2)28(25)40-3)29(36)35-18-12-31(22-35,27-10-7-19-41-27)11-15-34-16-13-32(14-17-34,30(33)37)24-8-5-4-6-9-24/h4-10,19-21H,11-18,22H2,1-3H3,(H2,33,37). The van der Waals surface area contributed by atoms with Gasteiger partial charge in [-0.2, -0.15) is 0 Å². The van der Waals surface area contributed by atoms with E-state index in [0.717, 1.165) is 38.0 Å². The van der Waals surface area contributed by atoms with Gasteiger partial charge in [-0.05, 0) is 74.5 Å². The number of benzene rings is 2. The summed E-state index contributed by atoms with van der Waals surface area (Å²) in [4.78, 5) is 32.1. The minimum atomic E-state index is -0.611. The highest BCUT2D eigenvalue weighted by Crippen LogP contribution is 2.43. The summed E-state index contributed by atoms with van der Waals surface area (Å²) in [7, 11) is 4.66. The Balaban J connectivity index is 1.30. The molecule has 2 fully saturated rings. The highest BCUT2D eigenvalue weighted by molar-refractivity contribution is 7.10. The second-order valence-corrected chi connectivity index (χ2v) is 12.0. The monoisotopic (exact) mass is 577 g/mol. The minimum Gasteiger partial charge on any atom is -0.493 e. The van der Waals surface area contributed by atoms with Gasteiger partial charge in [0.25, 0.3) is 5.91 Å². The molecule has 3 heterocycles. The van der Waals surface area contributed by atoms with E-state index >= 15 is 0 Å². The Hall–Kier alpha value is -3.56. The van der Waals surface area contributed by atoms with Crippen molar-refractivity contribution in [3.05, 3.63) is 76.0 Å². The molecule has 0 saturated carbocycles. The zero-order valence-corrected chi connectivity index (χ0v) is 24.9. The maximum Gasteiger partial charge on any atom is 0.254 e. The van der Waals surface area contributed by atoms with Crippen LogP contribution < -0.4 is 19.9 Å². The van der Waals surface area contributed by atoms with E-state index < -0.39 is 5.41 Å². The van der Waals surface area contributed by atoms with Gasteiger partial charge in [0.15, 0.2) is 11.5 Å². The first kappa shape index (κ1) is 29.0. The number of hydrogen-bond donors (Lipinski definition) is 1. The molecule has 41 heavy (non-hydrogen) atoms. The molecule has 0 spiro atoms. The zero-order chi connectivity index (χ0) is 29.0. The van der Waals surface area contributed by atoms with Gasteiger partial charge in [0.05, 0.1) is 26.7 Å². The second kappa shape index (κ2) is 12.1. The van der Waals surface area contributed by atoms with Crippen molar-refractivity contribution in [1.29, 1.82) is 0 Å². The number of carbonyl (C=O) groups excluding carboxylic acids is 2. The Morgan fingerprint density at radius 2 is 1.59 bits per heavy atom. The van der Waals surface area contributed by atoms with E-state index in [9.17, 15) is 9.59 Å². The van der Waals surface area contributed by atoms with Gasteiger partial charge < -0.3 is 29.7 Å². The summed E-state index contributed by atoms with van der Waals surface area (Å²) < 4.78 is 16.4. The van der Waals surface area contributed by atoms with Gasteiger partial charge in [-0.25, -0.2) is 0 Å². The molecule has 1 unspecified atom stereocenters. The van der Waals surface area contributed by atoms with Crippen LogP contribution in [0.25, 0.3) is 0 Å². The first-order valence-electron chi connectivity index (χ1n) is 14.1. The van der Waals surface area contributed by atoms with Crippen LogP contribution in [0.5, 0.6) is 17.2 Å². The van der Waals surface area contributed by atoms with Gasteiger partial charge in [0.2, 0.25) is 11.7 Å². The van der Waals surface area contributed by atoms with Crippen LogP contribution in [0.1, 0.15) is 46.5 Å². The van der Waals surface area contributed by atoms with Gasteiger partial charge >= 0.3 is 0 Å². The van der Waals surface area contributed by atoms with Gasteiger partial charge in [-0.3, -0.25) is 9.59 Å². The van der Waals surface area contributed by atoms with Gasteiger partial charge in [0.1, 0.15) is 0 Å². The molecule has 0 aliphatic carbocycles. The quantitative estimate of drug-likeness (QED) is 0.382. The average Bonchev–Trinajstić information content (AvgIpc) is 3.71. The van der Waals surface area contributed by atoms with Crippen molar-refractivity contribution in [1.82, 2.24) is 9.80 Å². The molecular weight excluding hydrogens is 538 g/mol. The van der Waals surface area contributed by atoms with Crippen molar-refractivity contribution < 1.29 is 23.8 Å². The number of hydrogen-bond acceptors (Lipinski definition) is 7. The zero-order valence-electron chi connectivity index (χ0n) is 24.1. The van der Waals surface area contributed by atoms with Crippen LogP contribution in [0.15, 0.2) is 60.0 Å². The smallest absolute Gasteiger partial charge is 0.254 e. The molecule has 5 rings (SSSR count). The van der Waals surface area contributed by atoms with Crippen LogP contribution >= 0.6 is 11.3 Å². The van der Waals surface area contributed by atoms with Crippen molar-refractivity contribution in [2.75, 3.05) is 54.1 Å². The number of methoxy groups -OCH3 is 3. The molecule has 2 amide bonds. The van der Waals surface area contributed by atoms with E-state index in [1.807, 2.05) is 35.2 Å². The van der Waals surface area contributed by atoms with E-state index in [0.29, 0.717) is 48.7 Å². The third-order valence-electron chi connectivity index (χ3n) is 9.01. The van der Waals surface area contributed by atoms with Crippen LogP contribution in [-0.2, 0) is 15.6 Å². The largest absolute Gasteiger partial charge is 0.493 e. The van der Waals surface area contributed by atoms with Crippen molar-refractivity contribution in [3.8, 4) is 17.2 Å². The van der Waals surface area contributed by atoms with Gasteiger partial charge in [0, 0.05) is 28.9 Å².